The summed E-state index contributed by atoms with van der Waals surface area (Å²) in [5.41, 5.74) is 1.38. The van der Waals surface area contributed by atoms with Gasteiger partial charge in [-0.25, -0.2) is 13.8 Å². The molecule has 1 aromatic carbocycles. The van der Waals surface area contributed by atoms with Gasteiger partial charge in [0.2, 0.25) is 0 Å². The Morgan fingerprint density at radius 1 is 1.19 bits per heavy atom. The Hall–Kier alpha value is -2.74. The highest BCUT2D eigenvalue weighted by atomic mass is 32.2. The minimum atomic E-state index is -0.925. The van der Waals surface area contributed by atoms with Crippen molar-refractivity contribution < 1.29 is 18.3 Å². The van der Waals surface area contributed by atoms with Gasteiger partial charge in [-0.1, -0.05) is 6.07 Å². The molecule has 27 heavy (non-hydrogen) atoms. The first-order chi connectivity index (χ1) is 12.9. The van der Waals surface area contributed by atoms with Crippen LogP contribution in [0.5, 0.6) is 0 Å². The zero-order chi connectivity index (χ0) is 19.4. The molecule has 0 aliphatic heterocycles. The number of esters is 1. The van der Waals surface area contributed by atoms with Gasteiger partial charge in [0, 0.05) is 22.4 Å². The van der Waals surface area contributed by atoms with Crippen molar-refractivity contribution in [3.63, 3.8) is 0 Å². The maximum Gasteiger partial charge on any atom is 0.307 e. The summed E-state index contributed by atoms with van der Waals surface area (Å²) in [4.78, 5) is 28.9. The lowest BCUT2D eigenvalue weighted by Crippen LogP contribution is -2.18. The Balaban J connectivity index is 1.54. The van der Waals surface area contributed by atoms with E-state index >= 15 is 0 Å². The van der Waals surface area contributed by atoms with Crippen molar-refractivity contribution in [1.29, 1.82) is 0 Å². The second-order valence-corrected chi connectivity index (χ2v) is 6.95. The van der Waals surface area contributed by atoms with Gasteiger partial charge in [0.1, 0.15) is 12.3 Å². The number of ether oxygens (including phenoxy) is 1. The summed E-state index contributed by atoms with van der Waals surface area (Å²) in [5.74, 6) is -1.94. The summed E-state index contributed by atoms with van der Waals surface area (Å²) in [6.07, 6.45) is 0.0926. The third kappa shape index (κ3) is 4.71. The van der Waals surface area contributed by atoms with Gasteiger partial charge in [0.15, 0.2) is 11.6 Å². The van der Waals surface area contributed by atoms with Crippen LogP contribution >= 0.6 is 11.8 Å². The molecular formula is C19H16F2N2O3S. The highest BCUT2D eigenvalue weighted by molar-refractivity contribution is 7.99. The summed E-state index contributed by atoms with van der Waals surface area (Å²) in [6, 6.07) is 10.2. The number of aryl methyl sites for hydroxylation is 1. The van der Waals surface area contributed by atoms with Crippen LogP contribution in [0.2, 0.25) is 0 Å². The highest BCUT2D eigenvalue weighted by Crippen LogP contribution is 2.21. The van der Waals surface area contributed by atoms with E-state index in [1.165, 1.54) is 28.3 Å². The number of nitrogens with zero attached hydrogens (tertiary/aromatic N) is 2. The lowest BCUT2D eigenvalue weighted by molar-refractivity contribution is -0.144. The van der Waals surface area contributed by atoms with E-state index < -0.39 is 17.6 Å². The third-order valence-corrected chi connectivity index (χ3v) is 4.78. The zero-order valence-corrected chi connectivity index (χ0v) is 15.3. The van der Waals surface area contributed by atoms with E-state index in [4.69, 9.17) is 4.74 Å². The predicted molar refractivity (Wildman–Crippen MR) is 97.7 cm³/mol. The smallest absolute Gasteiger partial charge is 0.307 e. The van der Waals surface area contributed by atoms with Crippen LogP contribution in [0.4, 0.5) is 8.78 Å². The fraction of sp³-hybridized carbons (Fsp3) is 0.211. The molecule has 3 aromatic rings. The molecule has 5 nitrogen and oxygen atoms in total. The first-order valence-electron chi connectivity index (χ1n) is 8.16. The van der Waals surface area contributed by atoms with Gasteiger partial charge >= 0.3 is 5.97 Å². The number of hydrogen-bond donors (Lipinski definition) is 0. The molecule has 8 heteroatoms. The Kier molecular flexibility index (Phi) is 5.85. The second kappa shape index (κ2) is 8.30. The van der Waals surface area contributed by atoms with Gasteiger partial charge in [0.25, 0.3) is 5.56 Å². The maximum absolute atomic E-state index is 13.1. The van der Waals surface area contributed by atoms with Crippen LogP contribution in [-0.4, -0.2) is 21.1 Å². The average Bonchev–Trinajstić information content (AvgIpc) is 2.63. The molecule has 2 heterocycles. The van der Waals surface area contributed by atoms with Gasteiger partial charge in [-0.05, 0) is 37.3 Å². The number of carbonyl (C=O) groups is 1. The number of carbonyl (C=O) groups excluding carboxylic acids is 1. The first kappa shape index (κ1) is 19.0. The van der Waals surface area contributed by atoms with Crippen LogP contribution in [0.3, 0.4) is 0 Å². The molecule has 3 rings (SSSR count). The first-order valence-corrected chi connectivity index (χ1v) is 9.14. The van der Waals surface area contributed by atoms with Crippen LogP contribution in [0.25, 0.3) is 5.65 Å². The number of benzene rings is 1. The highest BCUT2D eigenvalue weighted by Gasteiger charge is 2.09. The minimum Gasteiger partial charge on any atom is -0.459 e. The molecule has 140 valence electrons. The van der Waals surface area contributed by atoms with Crippen LogP contribution in [0.15, 0.2) is 52.2 Å². The molecule has 0 atom stereocenters. The molecule has 0 spiro atoms. The molecule has 0 amide bonds. The average molecular weight is 390 g/mol. The Morgan fingerprint density at radius 2 is 2.00 bits per heavy atom. The normalized spacial score (nSPS) is 10.9. The number of aromatic nitrogens is 2. The fourth-order valence-electron chi connectivity index (χ4n) is 2.48. The summed E-state index contributed by atoms with van der Waals surface area (Å²) in [7, 11) is 0. The summed E-state index contributed by atoms with van der Waals surface area (Å²) in [6.45, 7) is 1.70. The minimum absolute atomic E-state index is 0.0926. The van der Waals surface area contributed by atoms with E-state index in [2.05, 4.69) is 4.98 Å². The van der Waals surface area contributed by atoms with Crippen molar-refractivity contribution in [1.82, 2.24) is 9.38 Å². The lowest BCUT2D eigenvalue weighted by atomic mass is 10.3. The monoisotopic (exact) mass is 390 g/mol. The molecule has 0 saturated carbocycles. The van der Waals surface area contributed by atoms with E-state index in [0.717, 1.165) is 17.8 Å². The van der Waals surface area contributed by atoms with E-state index in [1.807, 2.05) is 0 Å². The fourth-order valence-corrected chi connectivity index (χ4v) is 3.34. The van der Waals surface area contributed by atoms with Crippen LogP contribution in [-0.2, 0) is 16.1 Å². The molecule has 0 fully saturated rings. The molecule has 0 bridgehead atoms. The Morgan fingerprint density at radius 3 is 2.78 bits per heavy atom. The largest absolute Gasteiger partial charge is 0.459 e. The van der Waals surface area contributed by atoms with Gasteiger partial charge in [0.05, 0.1) is 12.1 Å². The summed E-state index contributed by atoms with van der Waals surface area (Å²) >= 11 is 1.22. The number of rotatable bonds is 6. The van der Waals surface area contributed by atoms with Crippen molar-refractivity contribution in [2.24, 2.45) is 0 Å². The molecule has 2 aromatic heterocycles. The molecular weight excluding hydrogens is 374 g/mol. The molecule has 0 aliphatic rings. The number of halogens is 2. The van der Waals surface area contributed by atoms with Crippen molar-refractivity contribution in [2.45, 2.75) is 24.8 Å². The van der Waals surface area contributed by atoms with Crippen LogP contribution < -0.4 is 5.56 Å². The van der Waals surface area contributed by atoms with E-state index in [9.17, 15) is 18.4 Å². The molecule has 0 unspecified atom stereocenters. The van der Waals surface area contributed by atoms with Crippen molar-refractivity contribution in [3.05, 3.63) is 75.8 Å². The summed E-state index contributed by atoms with van der Waals surface area (Å²) < 4.78 is 32.6. The topological polar surface area (TPSA) is 60.7 Å². The number of pyridine rings is 1. The zero-order valence-electron chi connectivity index (χ0n) is 14.4. The van der Waals surface area contributed by atoms with E-state index in [0.29, 0.717) is 22.0 Å². The maximum atomic E-state index is 13.1. The van der Waals surface area contributed by atoms with Crippen LogP contribution in [0, 0.1) is 18.6 Å². The standard InChI is InChI=1S/C19H16F2N2O3S/c1-12-3-2-4-17-22-13(9-18(24)23(12)17)11-26-19(25)7-8-27-14-5-6-15(20)16(21)10-14/h2-6,9-10H,7-8,11H2,1H3. The van der Waals surface area contributed by atoms with Crippen molar-refractivity contribution >= 4 is 23.4 Å². The number of hydrogen-bond acceptors (Lipinski definition) is 5. The number of fused-ring (bicyclic) bond motifs is 1. The second-order valence-electron chi connectivity index (χ2n) is 5.78. The van der Waals surface area contributed by atoms with Gasteiger partial charge in [-0.3, -0.25) is 14.0 Å². The third-order valence-electron chi connectivity index (χ3n) is 3.78. The van der Waals surface area contributed by atoms with Crippen LogP contribution in [0.1, 0.15) is 17.8 Å². The molecule has 0 saturated heterocycles. The Bertz CT molecular complexity index is 1050. The van der Waals surface area contributed by atoms with E-state index in [1.54, 1.807) is 25.1 Å². The van der Waals surface area contributed by atoms with Crippen molar-refractivity contribution in [2.75, 3.05) is 5.75 Å². The van der Waals surface area contributed by atoms with Gasteiger partial charge < -0.3 is 4.74 Å². The van der Waals surface area contributed by atoms with Gasteiger partial charge in [-0.15, -0.1) is 11.8 Å². The quantitative estimate of drug-likeness (QED) is 0.476. The number of thioether (sulfide) groups is 1. The molecule has 0 radical (unpaired) electrons. The Labute approximate surface area is 158 Å². The SMILES string of the molecule is Cc1cccc2nc(COC(=O)CCSc3ccc(F)c(F)c3)cc(=O)n12. The van der Waals surface area contributed by atoms with Gasteiger partial charge in [-0.2, -0.15) is 0 Å². The molecule has 0 N–H and O–H groups in total. The predicted octanol–water partition coefficient (Wildman–Crippen LogP) is 3.51. The van der Waals surface area contributed by atoms with Crippen molar-refractivity contribution in [3.8, 4) is 0 Å². The summed E-state index contributed by atoms with van der Waals surface area (Å²) in [5, 5.41) is 0. The lowest BCUT2D eigenvalue weighted by Gasteiger charge is -2.07. The van der Waals surface area contributed by atoms with E-state index in [-0.39, 0.29) is 18.6 Å². The molecule has 0 aliphatic carbocycles.